The molecule has 25 heavy (non-hydrogen) atoms. The fourth-order valence-corrected chi connectivity index (χ4v) is 2.91. The topological polar surface area (TPSA) is 101 Å². The van der Waals surface area contributed by atoms with Crippen LogP contribution in [-0.2, 0) is 27.3 Å². The summed E-state index contributed by atoms with van der Waals surface area (Å²) in [5.74, 6) is -1.05. The van der Waals surface area contributed by atoms with Crippen molar-refractivity contribution in [3.63, 3.8) is 0 Å². The average Bonchev–Trinajstić information content (AvgIpc) is 2.91. The lowest BCUT2D eigenvalue weighted by atomic mass is 10.1. The highest BCUT2D eigenvalue weighted by Crippen LogP contribution is 2.31. The molecule has 8 heteroatoms. The number of hydrogen-bond donors (Lipinski definition) is 1. The largest absolute Gasteiger partial charge is 0.454 e. The molecule has 1 N–H and O–H groups in total. The van der Waals surface area contributed by atoms with Gasteiger partial charge in [-0.3, -0.25) is 23.9 Å². The van der Waals surface area contributed by atoms with Gasteiger partial charge in [0.15, 0.2) is 6.61 Å². The number of nitrogens with one attached hydrogen (secondary N) is 1. The van der Waals surface area contributed by atoms with E-state index >= 15 is 0 Å². The predicted molar refractivity (Wildman–Crippen MR) is 89.4 cm³/mol. The molecule has 0 radical (unpaired) electrons. The van der Waals surface area contributed by atoms with Crippen LogP contribution in [0.5, 0.6) is 0 Å². The van der Waals surface area contributed by atoms with Gasteiger partial charge in [-0.2, -0.15) is 0 Å². The Morgan fingerprint density at radius 3 is 2.76 bits per heavy atom. The first-order chi connectivity index (χ1) is 12.0. The molecule has 1 aliphatic heterocycles. The number of amides is 1. The molecule has 1 atom stereocenters. The van der Waals surface area contributed by atoms with Gasteiger partial charge in [-0.05, 0) is 25.0 Å². The van der Waals surface area contributed by atoms with Crippen LogP contribution in [0.2, 0.25) is 0 Å². The maximum Gasteiger partial charge on any atom is 0.328 e. The van der Waals surface area contributed by atoms with Crippen LogP contribution in [0.3, 0.4) is 0 Å². The molecule has 1 aliphatic rings. The molecule has 130 valence electrons. The van der Waals surface area contributed by atoms with Gasteiger partial charge < -0.3 is 9.64 Å². The predicted octanol–water partition coefficient (Wildman–Crippen LogP) is 0.0576. The van der Waals surface area contributed by atoms with Crippen molar-refractivity contribution in [3.05, 3.63) is 62.9 Å². The normalized spacial score (nSPS) is 15.7. The number of aromatic amines is 1. The quantitative estimate of drug-likeness (QED) is 0.791. The molecule has 0 unspecified atom stereocenters. The Morgan fingerprint density at radius 1 is 1.24 bits per heavy atom. The summed E-state index contributed by atoms with van der Waals surface area (Å²) in [6.07, 6.45) is 1.95. The minimum atomic E-state index is -0.734. The first-order valence-corrected chi connectivity index (χ1v) is 7.81. The number of nitrogens with zero attached hydrogens (tertiary/aromatic N) is 2. The number of fused-ring (bicyclic) bond motifs is 1. The van der Waals surface area contributed by atoms with Gasteiger partial charge in [0.2, 0.25) is 0 Å². The minimum Gasteiger partial charge on any atom is -0.454 e. The van der Waals surface area contributed by atoms with E-state index < -0.39 is 23.8 Å². The van der Waals surface area contributed by atoms with Crippen molar-refractivity contribution < 1.29 is 14.3 Å². The number of para-hydroxylation sites is 1. The lowest BCUT2D eigenvalue weighted by Gasteiger charge is -2.22. The second-order valence-electron chi connectivity index (χ2n) is 5.84. The highest BCUT2D eigenvalue weighted by molar-refractivity contribution is 5.97. The lowest BCUT2D eigenvalue weighted by Crippen LogP contribution is -2.39. The van der Waals surface area contributed by atoms with E-state index in [9.17, 15) is 19.2 Å². The molecule has 0 saturated carbocycles. The van der Waals surface area contributed by atoms with E-state index in [0.717, 1.165) is 28.3 Å². The lowest BCUT2D eigenvalue weighted by molar-refractivity contribution is -0.148. The number of H-pyrrole nitrogens is 1. The highest BCUT2D eigenvalue weighted by atomic mass is 16.5. The van der Waals surface area contributed by atoms with Crippen LogP contribution in [0.15, 0.2) is 46.1 Å². The van der Waals surface area contributed by atoms with Crippen LogP contribution in [0.1, 0.15) is 12.5 Å². The number of rotatable bonds is 4. The fourth-order valence-electron chi connectivity index (χ4n) is 2.91. The summed E-state index contributed by atoms with van der Waals surface area (Å²) in [7, 11) is 0. The van der Waals surface area contributed by atoms with Crippen molar-refractivity contribution >= 4 is 17.6 Å². The first kappa shape index (κ1) is 16.7. The SMILES string of the molecule is C[C@H]1Cc2ccccc2N1C(=O)COC(=O)Cn1ccc(=O)[nH]c1=O. The van der Waals surface area contributed by atoms with E-state index in [4.69, 9.17) is 4.74 Å². The zero-order valence-electron chi connectivity index (χ0n) is 13.6. The number of hydrogen-bond acceptors (Lipinski definition) is 5. The Balaban J connectivity index is 1.62. The van der Waals surface area contributed by atoms with E-state index in [1.807, 2.05) is 36.2 Å². The number of anilines is 1. The summed E-state index contributed by atoms with van der Waals surface area (Å²) in [6.45, 7) is 1.14. The van der Waals surface area contributed by atoms with Crippen molar-refractivity contribution in [1.29, 1.82) is 0 Å². The standard InChI is InChI=1S/C17H17N3O5/c1-11-8-12-4-2-3-5-13(12)20(11)15(22)10-25-16(23)9-19-7-6-14(21)18-17(19)24/h2-7,11H,8-10H2,1H3,(H,18,21,24)/t11-/m0/s1. The van der Waals surface area contributed by atoms with Crippen LogP contribution in [-0.4, -0.2) is 34.1 Å². The van der Waals surface area contributed by atoms with E-state index in [-0.39, 0.29) is 18.5 Å². The number of esters is 1. The fraction of sp³-hybridized carbons (Fsp3) is 0.294. The summed E-state index contributed by atoms with van der Waals surface area (Å²) in [5.41, 5.74) is 0.645. The summed E-state index contributed by atoms with van der Waals surface area (Å²) in [4.78, 5) is 50.4. The van der Waals surface area contributed by atoms with Gasteiger partial charge in [0.25, 0.3) is 11.5 Å². The van der Waals surface area contributed by atoms with E-state index in [0.29, 0.717) is 0 Å². The van der Waals surface area contributed by atoms with Gasteiger partial charge >= 0.3 is 11.7 Å². The molecule has 8 nitrogen and oxygen atoms in total. The van der Waals surface area contributed by atoms with Crippen LogP contribution in [0, 0.1) is 0 Å². The number of ether oxygens (including phenoxy) is 1. The second kappa shape index (κ2) is 6.76. The Labute approximate surface area is 142 Å². The molecule has 3 rings (SSSR count). The molecular weight excluding hydrogens is 326 g/mol. The molecule has 0 spiro atoms. The third-order valence-electron chi connectivity index (χ3n) is 4.03. The van der Waals surface area contributed by atoms with Gasteiger partial charge in [0.1, 0.15) is 6.54 Å². The zero-order valence-corrected chi connectivity index (χ0v) is 13.6. The summed E-state index contributed by atoms with van der Waals surface area (Å²) >= 11 is 0. The smallest absolute Gasteiger partial charge is 0.328 e. The molecule has 1 aromatic heterocycles. The maximum absolute atomic E-state index is 12.4. The monoisotopic (exact) mass is 343 g/mol. The van der Waals surface area contributed by atoms with E-state index in [2.05, 4.69) is 0 Å². The van der Waals surface area contributed by atoms with Crippen molar-refractivity contribution in [2.45, 2.75) is 25.9 Å². The van der Waals surface area contributed by atoms with Gasteiger partial charge in [-0.15, -0.1) is 0 Å². The van der Waals surface area contributed by atoms with Crippen molar-refractivity contribution in [1.82, 2.24) is 9.55 Å². The van der Waals surface area contributed by atoms with E-state index in [1.165, 1.54) is 6.20 Å². The average molecular weight is 343 g/mol. The van der Waals surface area contributed by atoms with Crippen molar-refractivity contribution in [2.24, 2.45) is 0 Å². The minimum absolute atomic E-state index is 0.00887. The molecular formula is C17H17N3O5. The third kappa shape index (κ3) is 3.52. The van der Waals surface area contributed by atoms with Crippen molar-refractivity contribution in [2.75, 3.05) is 11.5 Å². The molecule has 0 saturated heterocycles. The van der Waals surface area contributed by atoms with Crippen LogP contribution < -0.4 is 16.1 Å². The van der Waals surface area contributed by atoms with E-state index in [1.54, 1.807) is 4.90 Å². The van der Waals surface area contributed by atoms with Gasteiger partial charge in [0, 0.05) is 24.0 Å². The van der Waals surface area contributed by atoms with Crippen LogP contribution >= 0.6 is 0 Å². The highest BCUT2D eigenvalue weighted by Gasteiger charge is 2.30. The molecule has 0 bridgehead atoms. The van der Waals surface area contributed by atoms with Crippen LogP contribution in [0.25, 0.3) is 0 Å². The summed E-state index contributed by atoms with van der Waals surface area (Å²) in [5, 5.41) is 0. The summed E-state index contributed by atoms with van der Waals surface area (Å²) < 4.78 is 5.99. The molecule has 1 aromatic carbocycles. The maximum atomic E-state index is 12.4. The van der Waals surface area contributed by atoms with Gasteiger partial charge in [-0.25, -0.2) is 4.79 Å². The Bertz CT molecular complexity index is 930. The number of carbonyl (C=O) groups is 2. The molecule has 2 heterocycles. The van der Waals surface area contributed by atoms with Crippen LogP contribution in [0.4, 0.5) is 5.69 Å². The molecule has 0 fully saturated rings. The zero-order chi connectivity index (χ0) is 18.0. The third-order valence-corrected chi connectivity index (χ3v) is 4.03. The Hall–Kier alpha value is -3.16. The Kier molecular flexibility index (Phi) is 4.51. The Morgan fingerprint density at radius 2 is 2.00 bits per heavy atom. The van der Waals surface area contributed by atoms with Gasteiger partial charge in [0.05, 0.1) is 0 Å². The number of benzene rings is 1. The number of carbonyl (C=O) groups excluding carboxylic acids is 2. The second-order valence-corrected chi connectivity index (χ2v) is 5.84. The molecule has 1 amide bonds. The first-order valence-electron chi connectivity index (χ1n) is 7.81. The van der Waals surface area contributed by atoms with Gasteiger partial charge in [-0.1, -0.05) is 18.2 Å². The summed E-state index contributed by atoms with van der Waals surface area (Å²) in [6, 6.07) is 8.72. The molecule has 2 aromatic rings. The van der Waals surface area contributed by atoms with Crippen molar-refractivity contribution in [3.8, 4) is 0 Å². The molecule has 0 aliphatic carbocycles. The number of aromatic nitrogens is 2.